The molecule has 0 aliphatic carbocycles. The molecular weight excluding hydrogens is 431 g/mol. The molecule has 0 unspecified atom stereocenters. The molecule has 1 fully saturated rings. The molecule has 0 bridgehead atoms. The highest BCUT2D eigenvalue weighted by Crippen LogP contribution is 2.29. The zero-order valence-electron chi connectivity index (χ0n) is 16.4. The summed E-state index contributed by atoms with van der Waals surface area (Å²) in [5.41, 5.74) is 1.08. The molecule has 0 N–H and O–H groups in total. The number of benzene rings is 2. The number of carbonyl (C=O) groups is 1. The van der Waals surface area contributed by atoms with Crippen LogP contribution in [0.5, 0.6) is 0 Å². The van der Waals surface area contributed by atoms with Gasteiger partial charge in [0.15, 0.2) is 0 Å². The lowest BCUT2D eigenvalue weighted by molar-refractivity contribution is 0.0785. The predicted octanol–water partition coefficient (Wildman–Crippen LogP) is 4.69. The van der Waals surface area contributed by atoms with E-state index in [1.165, 1.54) is 21.3 Å². The number of halogens is 2. The first-order valence-electron chi connectivity index (χ1n) is 9.48. The van der Waals surface area contributed by atoms with Gasteiger partial charge in [-0.3, -0.25) is 4.79 Å². The van der Waals surface area contributed by atoms with Crippen molar-refractivity contribution in [2.24, 2.45) is 5.92 Å². The van der Waals surface area contributed by atoms with Crippen LogP contribution < -0.4 is 0 Å². The zero-order chi connectivity index (χ0) is 21.2. The van der Waals surface area contributed by atoms with Crippen molar-refractivity contribution in [3.63, 3.8) is 0 Å². The molecule has 1 amide bonds. The summed E-state index contributed by atoms with van der Waals surface area (Å²) >= 11 is 12.4. The molecule has 5 nitrogen and oxygen atoms in total. The monoisotopic (exact) mass is 454 g/mol. The van der Waals surface area contributed by atoms with Gasteiger partial charge >= 0.3 is 0 Å². The molecule has 1 aliphatic rings. The summed E-state index contributed by atoms with van der Waals surface area (Å²) in [7, 11) is -2.11. The van der Waals surface area contributed by atoms with Gasteiger partial charge in [0.2, 0.25) is 10.0 Å². The molecule has 2 aromatic carbocycles. The van der Waals surface area contributed by atoms with E-state index >= 15 is 0 Å². The van der Waals surface area contributed by atoms with Gasteiger partial charge in [0.25, 0.3) is 5.91 Å². The lowest BCUT2D eigenvalue weighted by Crippen LogP contribution is -2.39. The molecule has 8 heteroatoms. The van der Waals surface area contributed by atoms with Crippen molar-refractivity contribution in [2.75, 3.05) is 20.1 Å². The van der Waals surface area contributed by atoms with E-state index < -0.39 is 10.0 Å². The predicted molar refractivity (Wildman–Crippen MR) is 116 cm³/mol. The Bertz CT molecular complexity index is 1010. The highest BCUT2D eigenvalue weighted by atomic mass is 35.5. The Balaban J connectivity index is 1.86. The second-order valence-electron chi connectivity index (χ2n) is 7.51. The summed E-state index contributed by atoms with van der Waals surface area (Å²) in [5.74, 6) is -0.00563. The van der Waals surface area contributed by atoms with Crippen molar-refractivity contribution >= 4 is 39.1 Å². The standard InChI is InChI=1S/C21H24Cl2N2O3S/c1-15-6-5-11-25(13-15)29(27,28)20-12-16(9-10-19(20)23)21(26)24(2)14-17-7-3-4-8-18(17)22/h3-4,7-10,12,15H,5-6,11,13-14H2,1-2H3/t15-/m0/s1. The topological polar surface area (TPSA) is 57.7 Å². The van der Waals surface area contributed by atoms with Crippen molar-refractivity contribution in [2.45, 2.75) is 31.2 Å². The first-order valence-corrected chi connectivity index (χ1v) is 11.7. The number of sulfonamides is 1. The fourth-order valence-corrected chi connectivity index (χ4v) is 5.81. The number of piperidine rings is 1. The molecule has 0 aromatic heterocycles. The van der Waals surface area contributed by atoms with Gasteiger partial charge in [-0.2, -0.15) is 4.31 Å². The molecule has 1 aliphatic heterocycles. The number of hydrogen-bond acceptors (Lipinski definition) is 3. The zero-order valence-corrected chi connectivity index (χ0v) is 18.8. The van der Waals surface area contributed by atoms with Crippen LogP contribution in [0.2, 0.25) is 10.0 Å². The van der Waals surface area contributed by atoms with Gasteiger partial charge in [-0.15, -0.1) is 0 Å². The Morgan fingerprint density at radius 3 is 2.59 bits per heavy atom. The van der Waals surface area contributed by atoms with Crippen LogP contribution >= 0.6 is 23.2 Å². The Morgan fingerprint density at radius 2 is 1.90 bits per heavy atom. The molecule has 0 spiro atoms. The van der Waals surface area contributed by atoms with E-state index in [-0.39, 0.29) is 21.4 Å². The summed E-state index contributed by atoms with van der Waals surface area (Å²) in [5, 5.41) is 0.694. The van der Waals surface area contributed by atoms with Gasteiger partial charge < -0.3 is 4.90 Å². The van der Waals surface area contributed by atoms with Gasteiger partial charge in [0, 0.05) is 37.3 Å². The van der Waals surface area contributed by atoms with E-state index in [1.54, 1.807) is 19.2 Å². The fraction of sp³-hybridized carbons (Fsp3) is 0.381. The third kappa shape index (κ3) is 4.94. The van der Waals surface area contributed by atoms with E-state index in [9.17, 15) is 13.2 Å². The second kappa shape index (κ2) is 9.04. The minimum absolute atomic E-state index is 0.0229. The average Bonchev–Trinajstić information content (AvgIpc) is 2.69. The number of carbonyl (C=O) groups excluding carboxylic acids is 1. The lowest BCUT2D eigenvalue weighted by atomic mass is 10.0. The van der Waals surface area contributed by atoms with Gasteiger partial charge in [0.05, 0.1) is 5.02 Å². The number of rotatable bonds is 5. The second-order valence-corrected chi connectivity index (χ2v) is 10.2. The van der Waals surface area contributed by atoms with Gasteiger partial charge in [-0.05, 0) is 48.6 Å². The molecule has 1 heterocycles. The fourth-order valence-electron chi connectivity index (χ4n) is 3.51. The van der Waals surface area contributed by atoms with E-state index in [4.69, 9.17) is 23.2 Å². The molecule has 156 valence electrons. The van der Waals surface area contributed by atoms with E-state index in [2.05, 4.69) is 0 Å². The third-order valence-corrected chi connectivity index (χ3v) is 7.84. The number of amides is 1. The number of nitrogens with zero attached hydrogens (tertiary/aromatic N) is 2. The molecule has 1 atom stereocenters. The van der Waals surface area contributed by atoms with Crippen LogP contribution in [0.1, 0.15) is 35.7 Å². The summed E-state index contributed by atoms with van der Waals surface area (Å²) in [6.07, 6.45) is 1.82. The Morgan fingerprint density at radius 1 is 1.17 bits per heavy atom. The minimum atomic E-state index is -3.76. The molecule has 1 saturated heterocycles. The molecule has 0 saturated carbocycles. The average molecular weight is 455 g/mol. The maximum Gasteiger partial charge on any atom is 0.253 e. The minimum Gasteiger partial charge on any atom is -0.337 e. The molecular formula is C21H24Cl2N2O3S. The quantitative estimate of drug-likeness (QED) is 0.658. The SMILES string of the molecule is C[C@H]1CCCN(S(=O)(=O)c2cc(C(=O)N(C)Cc3ccccc3Cl)ccc2Cl)C1. The summed E-state index contributed by atoms with van der Waals surface area (Å²) in [4.78, 5) is 14.4. The van der Waals surface area contributed by atoms with Gasteiger partial charge in [-0.25, -0.2) is 8.42 Å². The lowest BCUT2D eigenvalue weighted by Gasteiger charge is -2.30. The maximum absolute atomic E-state index is 13.1. The summed E-state index contributed by atoms with van der Waals surface area (Å²) < 4.78 is 27.7. The van der Waals surface area contributed by atoms with Crippen molar-refractivity contribution in [1.82, 2.24) is 9.21 Å². The molecule has 29 heavy (non-hydrogen) atoms. The Labute approximate surface area is 182 Å². The van der Waals surface area contributed by atoms with Crippen molar-refractivity contribution in [3.05, 3.63) is 63.6 Å². The highest BCUT2D eigenvalue weighted by Gasteiger charge is 2.31. The summed E-state index contributed by atoms with van der Waals surface area (Å²) in [6.45, 7) is 3.27. The molecule has 3 rings (SSSR count). The van der Waals surface area contributed by atoms with Crippen LogP contribution in [0.15, 0.2) is 47.4 Å². The molecule has 2 aromatic rings. The van der Waals surface area contributed by atoms with Crippen LogP contribution in [-0.2, 0) is 16.6 Å². The Kier molecular flexibility index (Phi) is 6.89. The van der Waals surface area contributed by atoms with Gasteiger partial charge in [0.1, 0.15) is 4.90 Å². The first kappa shape index (κ1) is 22.1. The van der Waals surface area contributed by atoms with Crippen molar-refractivity contribution in [1.29, 1.82) is 0 Å². The third-order valence-electron chi connectivity index (χ3n) is 5.13. The van der Waals surface area contributed by atoms with E-state index in [0.29, 0.717) is 30.6 Å². The first-order chi connectivity index (χ1) is 13.7. The van der Waals surface area contributed by atoms with Crippen LogP contribution in [0.25, 0.3) is 0 Å². The smallest absolute Gasteiger partial charge is 0.253 e. The maximum atomic E-state index is 13.1. The van der Waals surface area contributed by atoms with E-state index in [1.807, 2.05) is 25.1 Å². The Hall–Kier alpha value is -1.60. The van der Waals surface area contributed by atoms with Crippen LogP contribution in [0, 0.1) is 5.92 Å². The van der Waals surface area contributed by atoms with Crippen LogP contribution in [-0.4, -0.2) is 43.7 Å². The highest BCUT2D eigenvalue weighted by molar-refractivity contribution is 7.89. The van der Waals surface area contributed by atoms with Crippen LogP contribution in [0.4, 0.5) is 0 Å². The van der Waals surface area contributed by atoms with Gasteiger partial charge in [-0.1, -0.05) is 48.3 Å². The normalized spacial score (nSPS) is 17.9. The number of hydrogen-bond donors (Lipinski definition) is 0. The molecule has 0 radical (unpaired) electrons. The van der Waals surface area contributed by atoms with Crippen LogP contribution in [0.3, 0.4) is 0 Å². The van der Waals surface area contributed by atoms with Crippen molar-refractivity contribution in [3.8, 4) is 0 Å². The van der Waals surface area contributed by atoms with Crippen molar-refractivity contribution < 1.29 is 13.2 Å². The summed E-state index contributed by atoms with van der Waals surface area (Å²) in [6, 6.07) is 11.7. The largest absolute Gasteiger partial charge is 0.337 e. The van der Waals surface area contributed by atoms with E-state index in [0.717, 1.165) is 18.4 Å².